The quantitative estimate of drug-likeness (QED) is 0.431. The van der Waals surface area contributed by atoms with E-state index < -0.39 is 0 Å². The van der Waals surface area contributed by atoms with Crippen LogP contribution < -0.4 is 10.6 Å². The van der Waals surface area contributed by atoms with Crippen molar-refractivity contribution in [2.45, 2.75) is 31.9 Å². The molecule has 0 radical (unpaired) electrons. The third kappa shape index (κ3) is 6.41. The van der Waals surface area contributed by atoms with Crippen molar-refractivity contribution in [3.63, 3.8) is 0 Å². The minimum atomic E-state index is 0.301. The molecule has 1 aromatic heterocycles. The molecule has 1 saturated heterocycles. The van der Waals surface area contributed by atoms with Crippen molar-refractivity contribution in [1.29, 1.82) is 0 Å². The highest BCUT2D eigenvalue weighted by Gasteiger charge is 2.15. The van der Waals surface area contributed by atoms with E-state index in [1.165, 1.54) is 0 Å². The van der Waals surface area contributed by atoms with Gasteiger partial charge in [0.1, 0.15) is 0 Å². The number of methoxy groups -OCH3 is 1. The number of rotatable bonds is 8. The minimum absolute atomic E-state index is 0.301. The third-order valence-corrected chi connectivity index (χ3v) is 3.86. The van der Waals surface area contributed by atoms with Crippen molar-refractivity contribution >= 4 is 17.3 Å². The van der Waals surface area contributed by atoms with Gasteiger partial charge in [0, 0.05) is 38.8 Å². The lowest BCUT2D eigenvalue weighted by molar-refractivity contribution is 0.113. The van der Waals surface area contributed by atoms with Gasteiger partial charge in [-0.3, -0.25) is 0 Å². The van der Waals surface area contributed by atoms with Crippen LogP contribution in [0.2, 0.25) is 0 Å². The summed E-state index contributed by atoms with van der Waals surface area (Å²) in [7, 11) is 1.72. The maximum Gasteiger partial charge on any atom is 0.191 e. The van der Waals surface area contributed by atoms with E-state index in [1.807, 2.05) is 10.9 Å². The molecule has 0 amide bonds. The molecule has 1 aliphatic rings. The van der Waals surface area contributed by atoms with Gasteiger partial charge in [0.25, 0.3) is 0 Å². The van der Waals surface area contributed by atoms with Gasteiger partial charge in [0.15, 0.2) is 5.96 Å². The Kier molecular flexibility index (Phi) is 7.48. The molecule has 2 N–H and O–H groups in total. The first kappa shape index (κ1) is 16.2. The Morgan fingerprint density at radius 1 is 1.57 bits per heavy atom. The molecule has 1 aliphatic heterocycles. The first-order valence-electron chi connectivity index (χ1n) is 7.38. The molecule has 1 atom stereocenters. The number of nitrogens with one attached hydrogen (secondary N) is 2. The molecule has 2 heterocycles. The highest BCUT2D eigenvalue weighted by molar-refractivity contribution is 7.07. The molecular formula is C14H24N4O2S. The molecule has 0 unspecified atom stereocenters. The average molecular weight is 312 g/mol. The van der Waals surface area contributed by atoms with E-state index in [0.29, 0.717) is 12.6 Å². The fourth-order valence-electron chi connectivity index (χ4n) is 2.09. The van der Waals surface area contributed by atoms with Gasteiger partial charge in [-0.2, -0.15) is 0 Å². The van der Waals surface area contributed by atoms with Crippen molar-refractivity contribution in [1.82, 2.24) is 15.6 Å². The number of nitrogens with zero attached hydrogens (tertiary/aromatic N) is 2. The van der Waals surface area contributed by atoms with Crippen molar-refractivity contribution in [2.24, 2.45) is 4.99 Å². The van der Waals surface area contributed by atoms with Crippen LogP contribution >= 0.6 is 11.3 Å². The van der Waals surface area contributed by atoms with E-state index in [-0.39, 0.29) is 0 Å². The van der Waals surface area contributed by atoms with Crippen LogP contribution in [-0.2, 0) is 16.0 Å². The highest BCUT2D eigenvalue weighted by atomic mass is 32.1. The first-order valence-corrected chi connectivity index (χ1v) is 8.32. The summed E-state index contributed by atoms with van der Waals surface area (Å²) in [4.78, 5) is 8.81. The predicted octanol–water partition coefficient (Wildman–Crippen LogP) is 1.39. The molecule has 6 nitrogen and oxygen atoms in total. The zero-order chi connectivity index (χ0) is 14.8. The Morgan fingerprint density at radius 2 is 2.52 bits per heavy atom. The van der Waals surface area contributed by atoms with E-state index >= 15 is 0 Å². The molecule has 21 heavy (non-hydrogen) atoms. The summed E-state index contributed by atoms with van der Waals surface area (Å²) in [5.41, 5.74) is 2.83. The Balaban J connectivity index is 1.78. The Bertz CT molecular complexity index is 405. The van der Waals surface area contributed by atoms with Crippen molar-refractivity contribution in [3.8, 4) is 0 Å². The summed E-state index contributed by atoms with van der Waals surface area (Å²) >= 11 is 1.59. The lowest BCUT2D eigenvalue weighted by atomic mass is 10.2. The molecule has 2 rings (SSSR count). The van der Waals surface area contributed by atoms with Crippen LogP contribution in [0.25, 0.3) is 0 Å². The Morgan fingerprint density at radius 3 is 3.24 bits per heavy atom. The second-order valence-electron chi connectivity index (χ2n) is 4.93. The summed E-state index contributed by atoms with van der Waals surface area (Å²) in [6.45, 7) is 3.85. The molecule has 0 aromatic carbocycles. The zero-order valence-electron chi connectivity index (χ0n) is 12.5. The molecule has 0 spiro atoms. The zero-order valence-corrected chi connectivity index (χ0v) is 13.3. The fraction of sp³-hybridized carbons (Fsp3) is 0.714. The van der Waals surface area contributed by atoms with E-state index in [0.717, 1.165) is 57.2 Å². The van der Waals surface area contributed by atoms with Crippen molar-refractivity contribution in [3.05, 3.63) is 16.6 Å². The third-order valence-electron chi connectivity index (χ3n) is 3.22. The van der Waals surface area contributed by atoms with Crippen LogP contribution in [-0.4, -0.2) is 50.5 Å². The van der Waals surface area contributed by atoms with E-state index in [9.17, 15) is 0 Å². The van der Waals surface area contributed by atoms with Crippen LogP contribution in [0.1, 0.15) is 25.0 Å². The molecule has 118 valence electrons. The van der Waals surface area contributed by atoms with Crippen LogP contribution in [0.3, 0.4) is 0 Å². The van der Waals surface area contributed by atoms with Crippen LogP contribution in [0.4, 0.5) is 0 Å². The number of thiazole rings is 1. The molecule has 0 aliphatic carbocycles. The van der Waals surface area contributed by atoms with Gasteiger partial charge in [-0.1, -0.05) is 0 Å². The number of guanidine groups is 1. The number of hydrogen-bond acceptors (Lipinski definition) is 5. The largest absolute Gasteiger partial charge is 0.385 e. The van der Waals surface area contributed by atoms with Crippen molar-refractivity contribution in [2.75, 3.05) is 33.4 Å². The van der Waals surface area contributed by atoms with Gasteiger partial charge in [-0.25, -0.2) is 9.98 Å². The Hall–Kier alpha value is -1.18. The summed E-state index contributed by atoms with van der Waals surface area (Å²) in [6.07, 6.45) is 3.53. The predicted molar refractivity (Wildman–Crippen MR) is 84.7 cm³/mol. The molecule has 0 bridgehead atoms. The van der Waals surface area contributed by atoms with E-state index in [1.54, 1.807) is 18.4 Å². The first-order chi connectivity index (χ1) is 10.4. The topological polar surface area (TPSA) is 67.8 Å². The summed E-state index contributed by atoms with van der Waals surface area (Å²) < 4.78 is 10.7. The molecule has 1 fully saturated rings. The number of aromatic nitrogens is 1. The normalized spacial score (nSPS) is 18.9. The number of aliphatic imine (C=N–C) groups is 1. The summed E-state index contributed by atoms with van der Waals surface area (Å²) in [5, 5.41) is 8.69. The van der Waals surface area contributed by atoms with Crippen LogP contribution in [0.15, 0.2) is 15.9 Å². The summed E-state index contributed by atoms with van der Waals surface area (Å²) in [5.74, 6) is 0.814. The molecular weight excluding hydrogens is 288 g/mol. The average Bonchev–Trinajstić information content (AvgIpc) is 3.18. The fourth-order valence-corrected chi connectivity index (χ4v) is 2.64. The minimum Gasteiger partial charge on any atom is -0.385 e. The van der Waals surface area contributed by atoms with Gasteiger partial charge in [-0.05, 0) is 19.3 Å². The van der Waals surface area contributed by atoms with Gasteiger partial charge in [-0.15, -0.1) is 11.3 Å². The SMILES string of the molecule is COCCCNC(=NCc1cscn1)NC[C@H]1CCCO1. The molecule has 0 saturated carbocycles. The second-order valence-corrected chi connectivity index (χ2v) is 5.65. The van der Waals surface area contributed by atoms with Crippen LogP contribution in [0.5, 0.6) is 0 Å². The maximum atomic E-state index is 5.62. The summed E-state index contributed by atoms with van der Waals surface area (Å²) in [6, 6.07) is 0. The van der Waals surface area contributed by atoms with Crippen molar-refractivity contribution < 1.29 is 9.47 Å². The lowest BCUT2D eigenvalue weighted by Gasteiger charge is -2.15. The van der Waals surface area contributed by atoms with Gasteiger partial charge >= 0.3 is 0 Å². The van der Waals surface area contributed by atoms with Gasteiger partial charge < -0.3 is 20.1 Å². The standard InChI is InChI=1S/C14H24N4O2S/c1-19-6-3-5-15-14(16-8-12-10-21-11-18-12)17-9-13-4-2-7-20-13/h10-11,13H,2-9H2,1H3,(H2,15,16,17)/t13-/m1/s1. The lowest BCUT2D eigenvalue weighted by Crippen LogP contribution is -2.41. The second kappa shape index (κ2) is 9.70. The Labute approximate surface area is 130 Å². The highest BCUT2D eigenvalue weighted by Crippen LogP contribution is 2.10. The molecule has 1 aromatic rings. The van der Waals surface area contributed by atoms with Gasteiger partial charge in [0.2, 0.25) is 0 Å². The number of hydrogen-bond donors (Lipinski definition) is 2. The smallest absolute Gasteiger partial charge is 0.191 e. The van der Waals surface area contributed by atoms with Crippen LogP contribution in [0, 0.1) is 0 Å². The monoisotopic (exact) mass is 312 g/mol. The van der Waals surface area contributed by atoms with Gasteiger partial charge in [0.05, 0.1) is 23.9 Å². The van der Waals surface area contributed by atoms with E-state index in [4.69, 9.17) is 9.47 Å². The van der Waals surface area contributed by atoms with E-state index in [2.05, 4.69) is 20.6 Å². The maximum absolute atomic E-state index is 5.62. The number of ether oxygens (including phenoxy) is 2. The molecule has 7 heteroatoms.